The summed E-state index contributed by atoms with van der Waals surface area (Å²) in [6.07, 6.45) is 0.933. The SMILES string of the molecule is CC(C)(CCl)C(=O)N(CCCN1CCOCC1)Cc1ccc(OCc2ccccc2)cc1. The minimum atomic E-state index is -0.584. The Bertz CT molecular complexity index is 821. The monoisotopic (exact) mass is 458 g/mol. The van der Waals surface area contributed by atoms with Gasteiger partial charge in [-0.1, -0.05) is 42.5 Å². The largest absolute Gasteiger partial charge is 0.489 e. The molecule has 0 spiro atoms. The molecule has 174 valence electrons. The van der Waals surface area contributed by atoms with Crippen molar-refractivity contribution in [1.82, 2.24) is 9.80 Å². The van der Waals surface area contributed by atoms with Crippen LogP contribution in [-0.2, 0) is 22.7 Å². The van der Waals surface area contributed by atoms with Crippen LogP contribution in [0.4, 0.5) is 0 Å². The van der Waals surface area contributed by atoms with E-state index in [4.69, 9.17) is 21.1 Å². The van der Waals surface area contributed by atoms with Gasteiger partial charge in [0.15, 0.2) is 0 Å². The van der Waals surface area contributed by atoms with E-state index in [0.29, 0.717) is 25.6 Å². The Balaban J connectivity index is 1.57. The molecule has 1 fully saturated rings. The second-order valence-electron chi connectivity index (χ2n) is 8.97. The molecule has 6 heteroatoms. The van der Waals surface area contributed by atoms with Crippen LogP contribution in [0.3, 0.4) is 0 Å². The van der Waals surface area contributed by atoms with E-state index in [2.05, 4.69) is 4.90 Å². The highest BCUT2D eigenvalue weighted by Gasteiger charge is 2.31. The predicted molar refractivity (Wildman–Crippen MR) is 129 cm³/mol. The molecular formula is C26H35ClN2O3. The number of carbonyl (C=O) groups excluding carboxylic acids is 1. The number of ether oxygens (including phenoxy) is 2. The smallest absolute Gasteiger partial charge is 0.229 e. The van der Waals surface area contributed by atoms with Crippen molar-refractivity contribution in [3.8, 4) is 5.75 Å². The molecule has 0 unspecified atom stereocenters. The van der Waals surface area contributed by atoms with Crippen molar-refractivity contribution in [1.29, 1.82) is 0 Å². The fraction of sp³-hybridized carbons (Fsp3) is 0.500. The molecule has 0 aliphatic carbocycles. The molecule has 0 saturated carbocycles. The third kappa shape index (κ3) is 7.51. The third-order valence-corrected chi connectivity index (χ3v) is 6.42. The zero-order valence-electron chi connectivity index (χ0n) is 19.3. The minimum absolute atomic E-state index is 0.0962. The Kier molecular flexibility index (Phi) is 9.39. The minimum Gasteiger partial charge on any atom is -0.489 e. The van der Waals surface area contributed by atoms with Crippen LogP contribution in [0.15, 0.2) is 54.6 Å². The zero-order valence-corrected chi connectivity index (χ0v) is 20.0. The van der Waals surface area contributed by atoms with Crippen LogP contribution in [-0.4, -0.2) is 61.0 Å². The molecule has 1 aliphatic heterocycles. The van der Waals surface area contributed by atoms with E-state index in [-0.39, 0.29) is 5.91 Å². The first-order chi connectivity index (χ1) is 15.5. The first kappa shape index (κ1) is 24.6. The normalized spacial score (nSPS) is 14.8. The third-order valence-electron chi connectivity index (χ3n) is 5.75. The average Bonchev–Trinajstić information content (AvgIpc) is 2.83. The number of hydrogen-bond donors (Lipinski definition) is 0. The maximum absolute atomic E-state index is 13.2. The van der Waals surface area contributed by atoms with Crippen molar-refractivity contribution >= 4 is 17.5 Å². The Labute approximate surface area is 197 Å². The summed E-state index contributed by atoms with van der Waals surface area (Å²) < 4.78 is 11.3. The van der Waals surface area contributed by atoms with Crippen LogP contribution in [0.1, 0.15) is 31.4 Å². The summed E-state index contributed by atoms with van der Waals surface area (Å²) in [7, 11) is 0. The Morgan fingerprint density at radius 3 is 2.41 bits per heavy atom. The fourth-order valence-corrected chi connectivity index (χ4v) is 3.81. The maximum Gasteiger partial charge on any atom is 0.229 e. The second kappa shape index (κ2) is 12.2. The molecule has 0 N–H and O–H groups in total. The molecule has 1 amide bonds. The Hall–Kier alpha value is -2.08. The standard InChI is InChI=1S/C26H35ClN2O3/c1-26(2,21-27)25(30)29(14-6-13-28-15-17-31-18-16-28)19-22-9-11-24(12-10-22)32-20-23-7-4-3-5-8-23/h3-5,7-12H,6,13-21H2,1-2H3. The van der Waals surface area contributed by atoms with Gasteiger partial charge >= 0.3 is 0 Å². The molecule has 5 nitrogen and oxygen atoms in total. The van der Waals surface area contributed by atoms with Gasteiger partial charge in [-0.3, -0.25) is 9.69 Å². The fourth-order valence-electron chi connectivity index (χ4n) is 3.70. The van der Waals surface area contributed by atoms with Gasteiger partial charge in [-0.15, -0.1) is 11.6 Å². The van der Waals surface area contributed by atoms with Gasteiger partial charge in [0.25, 0.3) is 0 Å². The van der Waals surface area contributed by atoms with Gasteiger partial charge in [0.2, 0.25) is 5.91 Å². The van der Waals surface area contributed by atoms with E-state index in [0.717, 1.165) is 56.1 Å². The molecule has 0 bridgehead atoms. The molecule has 1 aliphatic rings. The lowest BCUT2D eigenvalue weighted by Gasteiger charge is -2.32. The summed E-state index contributed by atoms with van der Waals surface area (Å²) in [5, 5.41) is 0. The molecule has 0 radical (unpaired) electrons. The first-order valence-electron chi connectivity index (χ1n) is 11.4. The number of benzene rings is 2. The number of rotatable bonds is 11. The number of morpholine rings is 1. The lowest BCUT2D eigenvalue weighted by Crippen LogP contribution is -2.43. The summed E-state index contributed by atoms with van der Waals surface area (Å²) in [6, 6.07) is 18.1. The summed E-state index contributed by atoms with van der Waals surface area (Å²) >= 11 is 6.11. The van der Waals surface area contributed by atoms with Crippen LogP contribution >= 0.6 is 11.6 Å². The molecule has 1 saturated heterocycles. The molecule has 32 heavy (non-hydrogen) atoms. The van der Waals surface area contributed by atoms with E-state index >= 15 is 0 Å². The quantitative estimate of drug-likeness (QED) is 0.462. The van der Waals surface area contributed by atoms with E-state index in [9.17, 15) is 4.79 Å². The van der Waals surface area contributed by atoms with Crippen molar-refractivity contribution in [3.05, 3.63) is 65.7 Å². The summed E-state index contributed by atoms with van der Waals surface area (Å²) in [5.41, 5.74) is 1.64. The van der Waals surface area contributed by atoms with Gasteiger partial charge < -0.3 is 14.4 Å². The van der Waals surface area contributed by atoms with Crippen molar-refractivity contribution in [3.63, 3.8) is 0 Å². The number of halogens is 1. The van der Waals surface area contributed by atoms with Gasteiger partial charge in [0.05, 0.1) is 18.6 Å². The lowest BCUT2D eigenvalue weighted by atomic mass is 9.94. The van der Waals surface area contributed by atoms with Gasteiger partial charge in [-0.2, -0.15) is 0 Å². The summed E-state index contributed by atoms with van der Waals surface area (Å²) in [6.45, 7) is 10.1. The maximum atomic E-state index is 13.2. The van der Waals surface area contributed by atoms with Gasteiger partial charge in [0.1, 0.15) is 12.4 Å². The Morgan fingerprint density at radius 2 is 1.75 bits per heavy atom. The van der Waals surface area contributed by atoms with Gasteiger partial charge in [-0.25, -0.2) is 0 Å². The lowest BCUT2D eigenvalue weighted by molar-refractivity contribution is -0.140. The first-order valence-corrected chi connectivity index (χ1v) is 11.9. The van der Waals surface area contributed by atoms with E-state index in [1.165, 1.54) is 0 Å². The second-order valence-corrected chi connectivity index (χ2v) is 9.24. The van der Waals surface area contributed by atoms with Crippen LogP contribution in [0.25, 0.3) is 0 Å². The van der Waals surface area contributed by atoms with Crippen LogP contribution in [0.5, 0.6) is 5.75 Å². The Morgan fingerprint density at radius 1 is 1.06 bits per heavy atom. The summed E-state index contributed by atoms with van der Waals surface area (Å²) in [5.74, 6) is 1.22. The molecule has 3 rings (SSSR count). The van der Waals surface area contributed by atoms with Gasteiger partial charge in [-0.05, 0) is 43.5 Å². The van der Waals surface area contributed by atoms with Crippen molar-refractivity contribution in [2.45, 2.75) is 33.4 Å². The zero-order chi connectivity index (χ0) is 22.8. The number of amides is 1. The van der Waals surface area contributed by atoms with Crippen molar-refractivity contribution < 1.29 is 14.3 Å². The predicted octanol–water partition coefficient (Wildman–Crippen LogP) is 4.58. The van der Waals surface area contributed by atoms with E-state index in [1.54, 1.807) is 0 Å². The number of carbonyl (C=O) groups is 1. The van der Waals surface area contributed by atoms with Crippen molar-refractivity contribution in [2.24, 2.45) is 5.41 Å². The molecule has 1 heterocycles. The molecule has 0 atom stereocenters. The molecule has 2 aromatic rings. The van der Waals surface area contributed by atoms with Gasteiger partial charge in [0, 0.05) is 38.6 Å². The van der Waals surface area contributed by atoms with E-state index < -0.39 is 5.41 Å². The number of hydrogen-bond acceptors (Lipinski definition) is 4. The summed E-state index contributed by atoms with van der Waals surface area (Å²) in [4.78, 5) is 17.5. The average molecular weight is 459 g/mol. The highest BCUT2D eigenvalue weighted by Crippen LogP contribution is 2.23. The molecular weight excluding hydrogens is 424 g/mol. The van der Waals surface area contributed by atoms with Crippen LogP contribution < -0.4 is 4.74 Å². The highest BCUT2D eigenvalue weighted by atomic mass is 35.5. The highest BCUT2D eigenvalue weighted by molar-refractivity contribution is 6.19. The number of nitrogens with zero attached hydrogens (tertiary/aromatic N) is 2. The van der Waals surface area contributed by atoms with E-state index in [1.807, 2.05) is 73.3 Å². The van der Waals surface area contributed by atoms with Crippen LogP contribution in [0.2, 0.25) is 0 Å². The molecule has 2 aromatic carbocycles. The van der Waals surface area contributed by atoms with Crippen molar-refractivity contribution in [2.75, 3.05) is 45.3 Å². The molecule has 0 aromatic heterocycles. The van der Waals surface area contributed by atoms with Crippen LogP contribution in [0, 0.1) is 5.41 Å². The number of alkyl halides is 1. The topological polar surface area (TPSA) is 42.0 Å².